The smallest absolute Gasteiger partial charge is 0.244 e. The summed E-state index contributed by atoms with van der Waals surface area (Å²) in [6.07, 6.45) is 0. The Morgan fingerprint density at radius 3 is 2.94 bits per heavy atom. The van der Waals surface area contributed by atoms with Gasteiger partial charge in [0.05, 0.1) is 19.3 Å². The quantitative estimate of drug-likeness (QED) is 0.862. The van der Waals surface area contributed by atoms with E-state index in [1.807, 2.05) is 11.0 Å². The fraction of sp³-hybridized carbons (Fsp3) is 0.500. The molecule has 1 amide bonds. The lowest BCUT2D eigenvalue weighted by atomic mass is 10.2. The molecule has 0 saturated heterocycles. The maximum Gasteiger partial charge on any atom is 0.244 e. The number of pyridine rings is 1. The molecule has 0 atom stereocenters. The van der Waals surface area contributed by atoms with E-state index in [0.29, 0.717) is 18.3 Å². The predicted octanol–water partition coefficient (Wildman–Crippen LogP) is 1.50. The molecule has 1 N–H and O–H groups in total. The second-order valence-electron chi connectivity index (χ2n) is 4.55. The highest BCUT2D eigenvalue weighted by Gasteiger charge is 2.24. The molecule has 2 heterocycles. The van der Waals surface area contributed by atoms with Crippen molar-refractivity contribution in [3.8, 4) is 5.88 Å². The number of ether oxygens (including phenoxy) is 1. The van der Waals surface area contributed by atoms with Crippen LogP contribution in [-0.4, -0.2) is 31.1 Å². The zero-order valence-electron chi connectivity index (χ0n) is 10.4. The van der Waals surface area contributed by atoms with Crippen molar-refractivity contribution < 1.29 is 9.53 Å². The molecule has 1 aliphatic rings. The van der Waals surface area contributed by atoms with E-state index in [9.17, 15) is 4.79 Å². The fourth-order valence-corrected chi connectivity index (χ4v) is 1.91. The molecule has 1 aromatic rings. The van der Waals surface area contributed by atoms with Gasteiger partial charge in [0.1, 0.15) is 0 Å². The van der Waals surface area contributed by atoms with Crippen LogP contribution in [0.1, 0.15) is 13.8 Å². The van der Waals surface area contributed by atoms with Crippen molar-refractivity contribution in [2.45, 2.75) is 13.8 Å². The number of nitrogens with one attached hydrogen (secondary N) is 1. The molecule has 5 nitrogen and oxygen atoms in total. The zero-order chi connectivity index (χ0) is 12.4. The Balaban J connectivity index is 2.35. The van der Waals surface area contributed by atoms with Gasteiger partial charge in [-0.2, -0.15) is 4.98 Å². The Bertz CT molecular complexity index is 432. The lowest BCUT2D eigenvalue weighted by Gasteiger charge is -2.31. The van der Waals surface area contributed by atoms with Gasteiger partial charge in [-0.15, -0.1) is 0 Å². The summed E-state index contributed by atoms with van der Waals surface area (Å²) in [6.45, 7) is 5.39. The van der Waals surface area contributed by atoms with E-state index in [1.54, 1.807) is 13.2 Å². The molecule has 0 unspecified atom stereocenters. The van der Waals surface area contributed by atoms with Gasteiger partial charge in [0.15, 0.2) is 5.82 Å². The number of aromatic nitrogens is 1. The summed E-state index contributed by atoms with van der Waals surface area (Å²) in [4.78, 5) is 17.9. The number of carbonyl (C=O) groups is 1. The first-order chi connectivity index (χ1) is 8.10. The number of fused-ring (bicyclic) bond motifs is 1. The maximum absolute atomic E-state index is 11.6. The van der Waals surface area contributed by atoms with E-state index in [0.717, 1.165) is 18.1 Å². The van der Waals surface area contributed by atoms with E-state index in [2.05, 4.69) is 24.1 Å². The first kappa shape index (κ1) is 11.7. The van der Waals surface area contributed by atoms with Crippen LogP contribution in [0.2, 0.25) is 0 Å². The summed E-state index contributed by atoms with van der Waals surface area (Å²) in [5, 5.41) is 2.82. The van der Waals surface area contributed by atoms with Crippen LogP contribution in [0.4, 0.5) is 11.5 Å². The topological polar surface area (TPSA) is 54.5 Å². The third kappa shape index (κ3) is 2.49. The predicted molar refractivity (Wildman–Crippen MR) is 66.5 cm³/mol. The lowest BCUT2D eigenvalue weighted by Crippen LogP contribution is -2.40. The average Bonchev–Trinajstić information content (AvgIpc) is 2.27. The Labute approximate surface area is 101 Å². The van der Waals surface area contributed by atoms with Gasteiger partial charge in [-0.1, -0.05) is 13.8 Å². The highest BCUT2D eigenvalue weighted by atomic mass is 16.5. The minimum absolute atomic E-state index is 0.00474. The van der Waals surface area contributed by atoms with E-state index in [1.165, 1.54) is 0 Å². The number of hydrogen-bond acceptors (Lipinski definition) is 4. The third-order valence-electron chi connectivity index (χ3n) is 2.55. The van der Waals surface area contributed by atoms with Gasteiger partial charge in [-0.25, -0.2) is 0 Å². The van der Waals surface area contributed by atoms with E-state index >= 15 is 0 Å². The van der Waals surface area contributed by atoms with Crippen molar-refractivity contribution in [2.24, 2.45) is 5.92 Å². The molecule has 0 saturated carbocycles. The van der Waals surface area contributed by atoms with Gasteiger partial charge >= 0.3 is 0 Å². The normalized spacial score (nSPS) is 14.6. The number of anilines is 2. The third-order valence-corrected chi connectivity index (χ3v) is 2.55. The average molecular weight is 235 g/mol. The van der Waals surface area contributed by atoms with Gasteiger partial charge in [0.25, 0.3) is 0 Å². The molecule has 5 heteroatoms. The van der Waals surface area contributed by atoms with Crippen LogP contribution in [0.15, 0.2) is 12.1 Å². The first-order valence-electron chi connectivity index (χ1n) is 5.70. The Hall–Kier alpha value is -1.78. The lowest BCUT2D eigenvalue weighted by molar-refractivity contribution is -0.115. The molecule has 0 spiro atoms. The molecule has 1 aromatic heterocycles. The van der Waals surface area contributed by atoms with Gasteiger partial charge < -0.3 is 15.0 Å². The maximum atomic E-state index is 11.6. The van der Waals surface area contributed by atoms with Gasteiger partial charge in [-0.05, 0) is 12.0 Å². The van der Waals surface area contributed by atoms with E-state index in [-0.39, 0.29) is 5.91 Å². The summed E-state index contributed by atoms with van der Waals surface area (Å²) in [5.41, 5.74) is 0.753. The van der Waals surface area contributed by atoms with Gasteiger partial charge in [-0.3, -0.25) is 4.79 Å². The van der Waals surface area contributed by atoms with Crippen molar-refractivity contribution in [3.63, 3.8) is 0 Å². The molecular formula is C12H17N3O2. The van der Waals surface area contributed by atoms with Crippen molar-refractivity contribution in [2.75, 3.05) is 30.4 Å². The van der Waals surface area contributed by atoms with Crippen LogP contribution >= 0.6 is 0 Å². The largest absolute Gasteiger partial charge is 0.481 e. The van der Waals surface area contributed by atoms with Crippen molar-refractivity contribution in [1.82, 2.24) is 4.98 Å². The van der Waals surface area contributed by atoms with Crippen molar-refractivity contribution in [1.29, 1.82) is 0 Å². The number of amides is 1. The van der Waals surface area contributed by atoms with Crippen LogP contribution < -0.4 is 15.0 Å². The monoisotopic (exact) mass is 235 g/mol. The van der Waals surface area contributed by atoms with Crippen LogP contribution in [0.3, 0.4) is 0 Å². The minimum Gasteiger partial charge on any atom is -0.481 e. The summed E-state index contributed by atoms with van der Waals surface area (Å²) in [6, 6.07) is 3.57. The molecular weight excluding hydrogens is 218 g/mol. The highest BCUT2D eigenvalue weighted by Crippen LogP contribution is 2.29. The summed E-state index contributed by atoms with van der Waals surface area (Å²) >= 11 is 0. The standard InChI is InChI=1S/C12H17N3O2/c1-8(2)6-15-7-10(16)13-9-4-5-11(17-3)14-12(9)15/h4-5,8H,6-7H2,1-3H3,(H,13,16). The first-order valence-corrected chi connectivity index (χ1v) is 5.70. The molecule has 0 aliphatic carbocycles. The number of rotatable bonds is 3. The second kappa shape index (κ2) is 4.61. The Morgan fingerprint density at radius 1 is 1.53 bits per heavy atom. The summed E-state index contributed by atoms with van der Waals surface area (Å²) in [5.74, 6) is 1.83. The van der Waals surface area contributed by atoms with Crippen molar-refractivity contribution in [3.05, 3.63) is 12.1 Å². The molecule has 0 bridgehead atoms. The number of hydrogen-bond donors (Lipinski definition) is 1. The van der Waals surface area contributed by atoms with E-state index < -0.39 is 0 Å². The summed E-state index contributed by atoms with van der Waals surface area (Å²) in [7, 11) is 1.59. The van der Waals surface area contributed by atoms with Crippen molar-refractivity contribution >= 4 is 17.4 Å². The van der Waals surface area contributed by atoms with Crippen LogP contribution in [-0.2, 0) is 4.79 Å². The molecule has 17 heavy (non-hydrogen) atoms. The summed E-state index contributed by atoms with van der Waals surface area (Å²) < 4.78 is 5.11. The molecule has 0 aromatic carbocycles. The number of nitrogens with zero attached hydrogens (tertiary/aromatic N) is 2. The van der Waals surface area contributed by atoms with Crippen LogP contribution in [0.25, 0.3) is 0 Å². The van der Waals surface area contributed by atoms with Crippen LogP contribution in [0, 0.1) is 5.92 Å². The highest BCUT2D eigenvalue weighted by molar-refractivity contribution is 6.00. The fourth-order valence-electron chi connectivity index (χ4n) is 1.91. The Morgan fingerprint density at radius 2 is 2.29 bits per heavy atom. The molecule has 1 aliphatic heterocycles. The molecule has 92 valence electrons. The molecule has 0 radical (unpaired) electrons. The van der Waals surface area contributed by atoms with Gasteiger partial charge in [0, 0.05) is 12.6 Å². The number of methoxy groups -OCH3 is 1. The molecule has 2 rings (SSSR count). The second-order valence-corrected chi connectivity index (χ2v) is 4.55. The zero-order valence-corrected chi connectivity index (χ0v) is 10.4. The van der Waals surface area contributed by atoms with Gasteiger partial charge in [0.2, 0.25) is 11.8 Å². The SMILES string of the molecule is COc1ccc2c(n1)N(CC(C)C)CC(=O)N2. The minimum atomic E-state index is 0.00474. The van der Waals surface area contributed by atoms with E-state index in [4.69, 9.17) is 4.74 Å². The molecule has 0 fully saturated rings. The Kier molecular flexibility index (Phi) is 3.17. The number of carbonyl (C=O) groups excluding carboxylic acids is 1. The van der Waals surface area contributed by atoms with Crippen LogP contribution in [0.5, 0.6) is 5.88 Å².